The van der Waals surface area contributed by atoms with Crippen molar-refractivity contribution < 1.29 is 29.3 Å². The molecule has 6 nitrogen and oxygen atoms in total. The molecule has 0 unspecified atom stereocenters. The van der Waals surface area contributed by atoms with Crippen LogP contribution in [0.3, 0.4) is 0 Å². The van der Waals surface area contributed by atoms with Gasteiger partial charge in [0.2, 0.25) is 0 Å². The molecule has 0 aromatic rings. The van der Waals surface area contributed by atoms with Crippen LogP contribution < -0.4 is 0 Å². The van der Waals surface area contributed by atoms with Crippen LogP contribution in [0.5, 0.6) is 0 Å². The summed E-state index contributed by atoms with van der Waals surface area (Å²) in [6.07, 6.45) is 6.37. The molecule has 2 N–H and O–H groups in total. The van der Waals surface area contributed by atoms with Crippen LogP contribution in [0.15, 0.2) is 63.5 Å². The third-order valence-electron chi connectivity index (χ3n) is 0.753. The van der Waals surface area contributed by atoms with Gasteiger partial charge in [0.1, 0.15) is 0 Å². The van der Waals surface area contributed by atoms with Gasteiger partial charge in [-0.1, -0.05) is 26.3 Å². The average molecular weight is 256 g/mol. The van der Waals surface area contributed by atoms with E-state index in [2.05, 4.69) is 35.8 Å². The van der Waals surface area contributed by atoms with Crippen molar-refractivity contribution in [3.63, 3.8) is 0 Å². The van der Waals surface area contributed by atoms with Gasteiger partial charge in [0.25, 0.3) is 0 Å². The first-order valence-corrected chi connectivity index (χ1v) is 4.34. The van der Waals surface area contributed by atoms with E-state index in [0.717, 1.165) is 0 Å². The van der Waals surface area contributed by atoms with Crippen molar-refractivity contribution in [2.75, 3.05) is 0 Å². The van der Waals surface area contributed by atoms with E-state index in [1.165, 1.54) is 25.0 Å². The lowest BCUT2D eigenvalue weighted by Gasteiger charge is -1.76. The van der Waals surface area contributed by atoms with Gasteiger partial charge in [0.05, 0.1) is 25.0 Å². The molecule has 0 atom stereocenters. The first-order valence-electron chi connectivity index (χ1n) is 4.34. The zero-order valence-electron chi connectivity index (χ0n) is 9.82. The van der Waals surface area contributed by atoms with Gasteiger partial charge in [-0.3, -0.25) is 0 Å². The molecule has 0 rings (SSSR count). The monoisotopic (exact) mass is 256 g/mol. The predicted molar refractivity (Wildman–Crippen MR) is 67.4 cm³/mol. The van der Waals surface area contributed by atoms with Gasteiger partial charge in [-0.2, -0.15) is 0 Å². The SMILES string of the molecule is C=COC=C.C=COC=C.O=C(O)/C=C\C(=O)O. The second-order valence-electron chi connectivity index (χ2n) is 1.95. The number of rotatable bonds is 6. The van der Waals surface area contributed by atoms with Crippen LogP contribution >= 0.6 is 0 Å². The molecular weight excluding hydrogens is 240 g/mol. The number of carboxylic acid groups (broad SMARTS) is 2. The maximum atomic E-state index is 9.55. The van der Waals surface area contributed by atoms with E-state index in [1.54, 1.807) is 0 Å². The zero-order valence-corrected chi connectivity index (χ0v) is 9.82. The quantitative estimate of drug-likeness (QED) is 0.559. The van der Waals surface area contributed by atoms with Crippen LogP contribution in [-0.2, 0) is 19.1 Å². The van der Waals surface area contributed by atoms with Crippen molar-refractivity contribution in [1.82, 2.24) is 0 Å². The molecule has 0 heterocycles. The average Bonchev–Trinajstić information content (AvgIpc) is 2.30. The summed E-state index contributed by atoms with van der Waals surface area (Å²) >= 11 is 0. The summed E-state index contributed by atoms with van der Waals surface area (Å²) in [6.45, 7) is 13.0. The number of hydrogen-bond acceptors (Lipinski definition) is 4. The Kier molecular flexibility index (Phi) is 22.6. The summed E-state index contributed by atoms with van der Waals surface area (Å²) in [5, 5.41) is 15.6. The Bertz CT molecular complexity index is 262. The topological polar surface area (TPSA) is 93.1 Å². The van der Waals surface area contributed by atoms with Crippen LogP contribution in [0.2, 0.25) is 0 Å². The van der Waals surface area contributed by atoms with E-state index in [4.69, 9.17) is 10.2 Å². The molecule has 0 spiro atoms. The third kappa shape index (κ3) is 50.9. The van der Waals surface area contributed by atoms with E-state index in [-0.39, 0.29) is 0 Å². The molecule has 0 saturated carbocycles. The second-order valence-corrected chi connectivity index (χ2v) is 1.95. The lowest BCUT2D eigenvalue weighted by atomic mass is 10.5. The summed E-state index contributed by atoms with van der Waals surface area (Å²) in [5.41, 5.74) is 0. The number of carboxylic acids is 2. The van der Waals surface area contributed by atoms with Gasteiger partial charge in [0, 0.05) is 12.2 Å². The third-order valence-corrected chi connectivity index (χ3v) is 0.753. The Hall–Kier alpha value is -2.76. The smallest absolute Gasteiger partial charge is 0.328 e. The normalized spacial score (nSPS) is 7.33. The molecule has 6 heteroatoms. The lowest BCUT2D eigenvalue weighted by Crippen LogP contribution is -1.91. The molecule has 0 bridgehead atoms. The van der Waals surface area contributed by atoms with Crippen molar-refractivity contribution in [2.45, 2.75) is 0 Å². The minimum Gasteiger partial charge on any atom is -0.478 e. The van der Waals surface area contributed by atoms with E-state index < -0.39 is 11.9 Å². The summed E-state index contributed by atoms with van der Waals surface area (Å²) in [5.74, 6) is -2.51. The van der Waals surface area contributed by atoms with Gasteiger partial charge >= 0.3 is 11.9 Å². The Balaban J connectivity index is -0.000000197. The first kappa shape index (κ1) is 20.6. The highest BCUT2D eigenvalue weighted by Gasteiger charge is 1.88. The minimum absolute atomic E-state index is 0.558. The number of hydrogen-bond donors (Lipinski definition) is 2. The van der Waals surface area contributed by atoms with Crippen molar-refractivity contribution in [3.05, 3.63) is 63.5 Å². The fraction of sp³-hybridized carbons (Fsp3) is 0. The maximum absolute atomic E-state index is 9.55. The molecule has 100 valence electrons. The fourth-order valence-electron chi connectivity index (χ4n) is 0.279. The standard InChI is InChI=1S/C4H4O4.2C4H6O/c5-3(6)1-2-4(7)8;2*1-3-5-4-2/h1-2H,(H,5,6)(H,7,8);2*3-4H,1-2H2/b2-1-;;. The molecule has 0 fully saturated rings. The summed E-state index contributed by atoms with van der Waals surface area (Å²) in [4.78, 5) is 19.1. The summed E-state index contributed by atoms with van der Waals surface area (Å²) in [6, 6.07) is 0. The maximum Gasteiger partial charge on any atom is 0.328 e. The number of ether oxygens (including phenoxy) is 2. The van der Waals surface area contributed by atoms with Crippen molar-refractivity contribution in [2.24, 2.45) is 0 Å². The van der Waals surface area contributed by atoms with Crippen LogP contribution in [0, 0.1) is 0 Å². The molecule has 0 aliphatic carbocycles. The van der Waals surface area contributed by atoms with E-state index in [1.807, 2.05) is 0 Å². The van der Waals surface area contributed by atoms with Crippen molar-refractivity contribution in [1.29, 1.82) is 0 Å². The van der Waals surface area contributed by atoms with Gasteiger partial charge in [-0.05, 0) is 0 Å². The molecule has 0 radical (unpaired) electrons. The van der Waals surface area contributed by atoms with Crippen LogP contribution in [-0.4, -0.2) is 22.2 Å². The minimum atomic E-state index is -1.26. The van der Waals surface area contributed by atoms with Gasteiger partial charge < -0.3 is 19.7 Å². The Morgan fingerprint density at radius 1 is 0.722 bits per heavy atom. The van der Waals surface area contributed by atoms with Crippen LogP contribution in [0.4, 0.5) is 0 Å². The largest absolute Gasteiger partial charge is 0.478 e. The predicted octanol–water partition coefficient (Wildman–Crippen LogP) is 2.29. The van der Waals surface area contributed by atoms with Gasteiger partial charge in [0.15, 0.2) is 0 Å². The molecule has 0 aliphatic rings. The molecule has 0 amide bonds. The van der Waals surface area contributed by atoms with Crippen molar-refractivity contribution in [3.8, 4) is 0 Å². The van der Waals surface area contributed by atoms with Crippen LogP contribution in [0.1, 0.15) is 0 Å². The van der Waals surface area contributed by atoms with Gasteiger partial charge in [-0.25, -0.2) is 9.59 Å². The van der Waals surface area contributed by atoms with E-state index in [0.29, 0.717) is 12.2 Å². The Labute approximate surface area is 105 Å². The number of aliphatic carboxylic acids is 2. The van der Waals surface area contributed by atoms with Crippen molar-refractivity contribution >= 4 is 11.9 Å². The first-order chi connectivity index (χ1) is 8.45. The number of carbonyl (C=O) groups is 2. The fourth-order valence-corrected chi connectivity index (χ4v) is 0.279. The van der Waals surface area contributed by atoms with Gasteiger partial charge in [-0.15, -0.1) is 0 Å². The Morgan fingerprint density at radius 3 is 1.00 bits per heavy atom. The van der Waals surface area contributed by atoms with E-state index >= 15 is 0 Å². The molecule has 0 aromatic heterocycles. The zero-order chi connectivity index (χ0) is 14.8. The van der Waals surface area contributed by atoms with Crippen LogP contribution in [0.25, 0.3) is 0 Å². The lowest BCUT2D eigenvalue weighted by molar-refractivity contribution is -0.134. The highest BCUT2D eigenvalue weighted by molar-refractivity contribution is 5.89. The molecule has 0 saturated heterocycles. The van der Waals surface area contributed by atoms with E-state index in [9.17, 15) is 9.59 Å². The summed E-state index contributed by atoms with van der Waals surface area (Å²) in [7, 11) is 0. The molecule has 18 heavy (non-hydrogen) atoms. The second kappa shape index (κ2) is 19.8. The molecule has 0 aliphatic heterocycles. The highest BCUT2D eigenvalue weighted by Crippen LogP contribution is 1.70. The molecular formula is C12H16O6. The summed E-state index contributed by atoms with van der Waals surface area (Å²) < 4.78 is 8.72. The molecule has 0 aromatic carbocycles. The highest BCUT2D eigenvalue weighted by atomic mass is 16.5. The Morgan fingerprint density at radius 2 is 0.944 bits per heavy atom.